The van der Waals surface area contributed by atoms with E-state index >= 15 is 0 Å². The fourth-order valence-corrected chi connectivity index (χ4v) is 3.76. The maximum Gasteiger partial charge on any atom is 0.325 e. The van der Waals surface area contributed by atoms with Crippen molar-refractivity contribution < 1.29 is 14.3 Å². The number of para-hydroxylation sites is 1. The van der Waals surface area contributed by atoms with E-state index in [1.54, 1.807) is 18.2 Å². The van der Waals surface area contributed by atoms with Gasteiger partial charge in [-0.05, 0) is 31.4 Å². The topological polar surface area (TPSA) is 70.4 Å². The zero-order chi connectivity index (χ0) is 16.9. The minimum atomic E-state index is -0.468. The summed E-state index contributed by atoms with van der Waals surface area (Å²) in [5.74, 6) is 0.247. The first-order valence-corrected chi connectivity index (χ1v) is 8.98. The second kappa shape index (κ2) is 7.81. The van der Waals surface area contributed by atoms with E-state index in [2.05, 4.69) is 4.98 Å². The molecule has 0 spiro atoms. The molecule has 1 atom stereocenters. The number of benzene rings is 1. The molecule has 0 bridgehead atoms. The molecule has 2 heterocycles. The quantitative estimate of drug-likeness (QED) is 0.469. The molecular formula is C17H20N2O4S. The van der Waals surface area contributed by atoms with Gasteiger partial charge in [-0.3, -0.25) is 14.2 Å². The first-order chi connectivity index (χ1) is 11.7. The number of fused-ring (bicyclic) bond motifs is 1. The van der Waals surface area contributed by atoms with Crippen LogP contribution in [0.1, 0.15) is 19.3 Å². The maximum atomic E-state index is 12.7. The molecule has 0 amide bonds. The number of esters is 1. The molecule has 1 saturated heterocycles. The summed E-state index contributed by atoms with van der Waals surface area (Å²) in [7, 11) is 1.31. The van der Waals surface area contributed by atoms with Crippen molar-refractivity contribution in [3.63, 3.8) is 0 Å². The average Bonchev–Trinajstić information content (AvgIpc) is 2.63. The van der Waals surface area contributed by atoms with E-state index in [0.29, 0.717) is 21.8 Å². The smallest absolute Gasteiger partial charge is 0.325 e. The Hall–Kier alpha value is -1.86. The zero-order valence-corrected chi connectivity index (χ0v) is 14.4. The summed E-state index contributed by atoms with van der Waals surface area (Å²) in [6, 6.07) is 7.16. The van der Waals surface area contributed by atoms with Crippen LogP contribution in [0.25, 0.3) is 10.9 Å². The predicted molar refractivity (Wildman–Crippen MR) is 92.3 cm³/mol. The molecule has 1 aliphatic heterocycles. The highest BCUT2D eigenvalue weighted by Crippen LogP contribution is 2.23. The van der Waals surface area contributed by atoms with Crippen LogP contribution in [0.2, 0.25) is 0 Å². The minimum absolute atomic E-state index is 0.138. The Morgan fingerprint density at radius 3 is 3.00 bits per heavy atom. The molecule has 24 heavy (non-hydrogen) atoms. The Bertz CT molecular complexity index is 784. The van der Waals surface area contributed by atoms with E-state index in [1.807, 2.05) is 6.07 Å². The third-order valence-electron chi connectivity index (χ3n) is 4.01. The fourth-order valence-electron chi connectivity index (χ4n) is 2.70. The number of rotatable bonds is 5. The summed E-state index contributed by atoms with van der Waals surface area (Å²) < 4.78 is 11.8. The van der Waals surface area contributed by atoms with Crippen molar-refractivity contribution in [1.29, 1.82) is 0 Å². The molecule has 0 aliphatic carbocycles. The van der Waals surface area contributed by atoms with Crippen molar-refractivity contribution in [1.82, 2.24) is 9.55 Å². The van der Waals surface area contributed by atoms with Crippen LogP contribution in [-0.2, 0) is 20.8 Å². The first kappa shape index (κ1) is 17.0. The van der Waals surface area contributed by atoms with Crippen LogP contribution in [0, 0.1) is 0 Å². The minimum Gasteiger partial charge on any atom is -0.468 e. The van der Waals surface area contributed by atoms with Gasteiger partial charge in [0.25, 0.3) is 5.56 Å². The summed E-state index contributed by atoms with van der Waals surface area (Å²) in [5.41, 5.74) is 0.411. The molecule has 128 valence electrons. The highest BCUT2D eigenvalue weighted by Gasteiger charge is 2.18. The molecule has 1 aromatic heterocycles. The predicted octanol–water partition coefficient (Wildman–Crippen LogP) is 2.23. The highest BCUT2D eigenvalue weighted by molar-refractivity contribution is 7.99. The van der Waals surface area contributed by atoms with Gasteiger partial charge in [0.15, 0.2) is 5.16 Å². The number of thioether (sulfide) groups is 1. The highest BCUT2D eigenvalue weighted by atomic mass is 32.2. The second-order valence-electron chi connectivity index (χ2n) is 5.68. The second-order valence-corrected chi connectivity index (χ2v) is 6.67. The summed E-state index contributed by atoms with van der Waals surface area (Å²) >= 11 is 1.45. The Morgan fingerprint density at radius 2 is 2.25 bits per heavy atom. The summed E-state index contributed by atoms with van der Waals surface area (Å²) in [5, 5.41) is 1.03. The standard InChI is InChI=1S/C17H20N2O4S/c1-22-15(20)10-19-16(21)13-7-2-3-8-14(13)18-17(19)24-11-12-6-4-5-9-23-12/h2-3,7-8,12H,4-6,9-11H2,1H3/t12-/m0/s1. The number of hydrogen-bond acceptors (Lipinski definition) is 6. The van der Waals surface area contributed by atoms with E-state index < -0.39 is 5.97 Å². The van der Waals surface area contributed by atoms with Crippen molar-refractivity contribution in [3.8, 4) is 0 Å². The molecule has 0 saturated carbocycles. The summed E-state index contributed by atoms with van der Waals surface area (Å²) in [6.45, 7) is 0.645. The molecule has 7 heteroatoms. The van der Waals surface area contributed by atoms with E-state index in [4.69, 9.17) is 9.47 Å². The van der Waals surface area contributed by atoms with Crippen molar-refractivity contribution >= 4 is 28.6 Å². The van der Waals surface area contributed by atoms with Crippen molar-refractivity contribution in [2.24, 2.45) is 0 Å². The molecule has 3 rings (SSSR count). The van der Waals surface area contributed by atoms with E-state index in [9.17, 15) is 9.59 Å². The number of nitrogens with zero attached hydrogens (tertiary/aromatic N) is 2. The van der Waals surface area contributed by atoms with Gasteiger partial charge in [0.05, 0.1) is 24.1 Å². The molecule has 2 aromatic rings. The van der Waals surface area contributed by atoms with Gasteiger partial charge in [-0.25, -0.2) is 4.98 Å². The SMILES string of the molecule is COC(=O)Cn1c(SC[C@@H]2CCCCO2)nc2ccccc2c1=O. The van der Waals surface area contributed by atoms with E-state index in [0.717, 1.165) is 25.9 Å². The van der Waals surface area contributed by atoms with Gasteiger partial charge in [-0.15, -0.1) is 0 Å². The largest absolute Gasteiger partial charge is 0.468 e. The van der Waals surface area contributed by atoms with Crippen molar-refractivity contribution in [3.05, 3.63) is 34.6 Å². The lowest BCUT2D eigenvalue weighted by Crippen LogP contribution is -2.28. The third kappa shape index (κ3) is 3.79. The number of carbonyl (C=O) groups is 1. The Balaban J connectivity index is 1.92. The van der Waals surface area contributed by atoms with E-state index in [1.165, 1.54) is 23.4 Å². The lowest BCUT2D eigenvalue weighted by atomic mass is 10.1. The summed E-state index contributed by atoms with van der Waals surface area (Å²) in [6.07, 6.45) is 3.44. The normalized spacial score (nSPS) is 17.8. The molecule has 0 unspecified atom stereocenters. The van der Waals surface area contributed by atoms with Gasteiger partial charge in [-0.1, -0.05) is 23.9 Å². The number of aromatic nitrogens is 2. The molecule has 1 aromatic carbocycles. The Morgan fingerprint density at radius 1 is 1.42 bits per heavy atom. The monoisotopic (exact) mass is 348 g/mol. The van der Waals surface area contributed by atoms with Crippen LogP contribution in [0.15, 0.2) is 34.2 Å². The van der Waals surface area contributed by atoms with Gasteiger partial charge >= 0.3 is 5.97 Å². The van der Waals surface area contributed by atoms with Crippen LogP contribution in [0.5, 0.6) is 0 Å². The van der Waals surface area contributed by atoms with Gasteiger partial charge in [0.2, 0.25) is 0 Å². The first-order valence-electron chi connectivity index (χ1n) is 8.00. The molecule has 0 radical (unpaired) electrons. The molecule has 0 N–H and O–H groups in total. The number of methoxy groups -OCH3 is 1. The van der Waals surface area contributed by atoms with Crippen LogP contribution >= 0.6 is 11.8 Å². The number of hydrogen-bond donors (Lipinski definition) is 0. The van der Waals surface area contributed by atoms with Crippen LogP contribution in [0.3, 0.4) is 0 Å². The lowest BCUT2D eigenvalue weighted by molar-refractivity contribution is -0.141. The van der Waals surface area contributed by atoms with Crippen LogP contribution < -0.4 is 5.56 Å². The van der Waals surface area contributed by atoms with Crippen molar-refractivity contribution in [2.75, 3.05) is 19.5 Å². The molecule has 1 fully saturated rings. The third-order valence-corrected chi connectivity index (χ3v) is 5.12. The van der Waals surface area contributed by atoms with Gasteiger partial charge in [-0.2, -0.15) is 0 Å². The van der Waals surface area contributed by atoms with Gasteiger partial charge in [0, 0.05) is 12.4 Å². The van der Waals surface area contributed by atoms with Crippen LogP contribution in [0.4, 0.5) is 0 Å². The molecule has 6 nitrogen and oxygen atoms in total. The molecule has 1 aliphatic rings. The van der Waals surface area contributed by atoms with Gasteiger partial charge < -0.3 is 9.47 Å². The zero-order valence-electron chi connectivity index (χ0n) is 13.6. The fraction of sp³-hybridized carbons (Fsp3) is 0.471. The molecular weight excluding hydrogens is 328 g/mol. The number of carbonyl (C=O) groups excluding carboxylic acids is 1. The van der Waals surface area contributed by atoms with Crippen molar-refractivity contribution in [2.45, 2.75) is 37.1 Å². The Kier molecular flexibility index (Phi) is 5.52. The van der Waals surface area contributed by atoms with Crippen LogP contribution in [-0.4, -0.2) is 41.1 Å². The lowest BCUT2D eigenvalue weighted by Gasteiger charge is -2.22. The number of ether oxygens (including phenoxy) is 2. The average molecular weight is 348 g/mol. The van der Waals surface area contributed by atoms with Gasteiger partial charge in [0.1, 0.15) is 6.54 Å². The van der Waals surface area contributed by atoms with E-state index in [-0.39, 0.29) is 18.2 Å². The summed E-state index contributed by atoms with van der Waals surface area (Å²) in [4.78, 5) is 29.0. The Labute approximate surface area is 144 Å². The maximum absolute atomic E-state index is 12.7.